The van der Waals surface area contributed by atoms with Gasteiger partial charge < -0.3 is 20.7 Å². The van der Waals surface area contributed by atoms with E-state index in [1.54, 1.807) is 30.3 Å². The van der Waals surface area contributed by atoms with Gasteiger partial charge in [0, 0.05) is 25.6 Å². The van der Waals surface area contributed by atoms with Gasteiger partial charge in [0.25, 0.3) is 5.91 Å². The molecule has 1 aliphatic carbocycles. The summed E-state index contributed by atoms with van der Waals surface area (Å²) < 4.78 is 7.37. The van der Waals surface area contributed by atoms with Crippen molar-refractivity contribution in [2.24, 2.45) is 5.92 Å². The van der Waals surface area contributed by atoms with E-state index >= 15 is 0 Å². The lowest BCUT2D eigenvalue weighted by molar-refractivity contribution is -0.117. The molecule has 166 valence electrons. The van der Waals surface area contributed by atoms with Gasteiger partial charge in [-0.1, -0.05) is 6.07 Å². The number of carbonyl (C=O) groups is 2. The second kappa shape index (κ2) is 9.00. The Morgan fingerprint density at radius 3 is 2.69 bits per heavy atom. The molecule has 11 nitrogen and oxygen atoms in total. The normalized spacial score (nSPS) is 12.8. The topological polar surface area (TPSA) is 136 Å². The van der Waals surface area contributed by atoms with E-state index in [9.17, 15) is 9.59 Å². The molecule has 0 aliphatic heterocycles. The first-order valence-corrected chi connectivity index (χ1v) is 10.3. The van der Waals surface area contributed by atoms with Crippen LogP contribution in [-0.4, -0.2) is 50.9 Å². The number of para-hydroxylation sites is 1. The highest BCUT2D eigenvalue weighted by Gasteiger charge is 2.30. The summed E-state index contributed by atoms with van der Waals surface area (Å²) in [5.74, 6) is 0.775. The van der Waals surface area contributed by atoms with Crippen LogP contribution in [0.4, 0.5) is 17.2 Å². The third-order valence-electron chi connectivity index (χ3n) is 5.03. The summed E-state index contributed by atoms with van der Waals surface area (Å²) in [4.78, 5) is 28.8. The number of carbonyl (C=O) groups excluding carboxylic acids is 2. The van der Waals surface area contributed by atoms with Crippen LogP contribution >= 0.6 is 0 Å². The molecule has 0 bridgehead atoms. The molecule has 0 saturated heterocycles. The monoisotopic (exact) mass is 436 g/mol. The van der Waals surface area contributed by atoms with Gasteiger partial charge in [-0.3, -0.25) is 14.3 Å². The van der Waals surface area contributed by atoms with E-state index in [2.05, 4.69) is 36.2 Å². The highest BCUT2D eigenvalue weighted by molar-refractivity contribution is 6.00. The van der Waals surface area contributed by atoms with Gasteiger partial charge in [-0.2, -0.15) is 5.10 Å². The van der Waals surface area contributed by atoms with Crippen molar-refractivity contribution in [2.45, 2.75) is 26.3 Å². The fraction of sp³-hybridized carbons (Fsp3) is 0.333. The second-order valence-electron chi connectivity index (χ2n) is 7.27. The minimum absolute atomic E-state index is 0.0130. The van der Waals surface area contributed by atoms with Crippen LogP contribution in [0, 0.1) is 5.92 Å². The van der Waals surface area contributed by atoms with Gasteiger partial charge in [0.15, 0.2) is 23.1 Å². The number of aryl methyl sites for hydroxylation is 1. The lowest BCUT2D eigenvalue weighted by Gasteiger charge is -2.16. The fourth-order valence-electron chi connectivity index (χ4n) is 3.15. The average Bonchev–Trinajstić information content (AvgIpc) is 3.56. The number of rotatable bonds is 8. The molecule has 1 aliphatic rings. The summed E-state index contributed by atoms with van der Waals surface area (Å²) in [5, 5.41) is 20.9. The Kier molecular flexibility index (Phi) is 5.97. The number of hydrogen-bond donors (Lipinski definition) is 3. The quantitative estimate of drug-likeness (QED) is 0.489. The van der Waals surface area contributed by atoms with Gasteiger partial charge in [-0.25, -0.2) is 4.98 Å². The van der Waals surface area contributed by atoms with Crippen molar-refractivity contribution in [1.82, 2.24) is 30.3 Å². The number of benzene rings is 1. The maximum absolute atomic E-state index is 12.4. The van der Waals surface area contributed by atoms with Crippen molar-refractivity contribution >= 4 is 29.0 Å². The minimum atomic E-state index is -0.418. The molecule has 1 saturated carbocycles. The van der Waals surface area contributed by atoms with Crippen LogP contribution in [0.25, 0.3) is 11.4 Å². The zero-order valence-electron chi connectivity index (χ0n) is 18.0. The minimum Gasteiger partial charge on any atom is -0.494 e. The van der Waals surface area contributed by atoms with E-state index in [0.717, 1.165) is 12.8 Å². The molecule has 32 heavy (non-hydrogen) atoms. The van der Waals surface area contributed by atoms with Crippen LogP contribution < -0.4 is 20.7 Å². The lowest BCUT2D eigenvalue weighted by Crippen LogP contribution is -2.22. The highest BCUT2D eigenvalue weighted by Crippen LogP contribution is 2.37. The molecule has 0 unspecified atom stereocenters. The van der Waals surface area contributed by atoms with E-state index in [0.29, 0.717) is 35.1 Å². The third kappa shape index (κ3) is 4.36. The summed E-state index contributed by atoms with van der Waals surface area (Å²) in [6.07, 6.45) is 3.39. The number of amides is 2. The molecular weight excluding hydrogens is 412 g/mol. The standard InChI is InChI=1S/C21H24N8O3/c1-4-29-11-23-19(28-29)13-6-5-7-14(18(13)32-3)24-15-10-16(25-20(30)12-8-9-12)26-27-17(15)21(31)22-2/h5-7,10-12H,4,8-9H2,1-3H3,(H,22,31)(H2,24,25,26,30). The molecule has 1 aromatic carbocycles. The first-order chi connectivity index (χ1) is 15.5. The summed E-state index contributed by atoms with van der Waals surface area (Å²) in [6.45, 7) is 2.67. The van der Waals surface area contributed by atoms with Gasteiger partial charge in [0.05, 0.1) is 24.0 Å². The zero-order valence-corrected chi connectivity index (χ0v) is 18.0. The van der Waals surface area contributed by atoms with Gasteiger partial charge in [0.1, 0.15) is 6.33 Å². The SMILES string of the molecule is CCn1cnc(-c2cccc(Nc3cc(NC(=O)C4CC4)nnc3C(=O)NC)c2OC)n1. The largest absolute Gasteiger partial charge is 0.494 e. The molecule has 4 rings (SSSR count). The number of nitrogens with one attached hydrogen (secondary N) is 3. The number of methoxy groups -OCH3 is 1. The van der Waals surface area contributed by atoms with Crippen molar-refractivity contribution in [1.29, 1.82) is 0 Å². The smallest absolute Gasteiger partial charge is 0.273 e. The maximum atomic E-state index is 12.4. The summed E-state index contributed by atoms with van der Waals surface area (Å²) in [5.41, 5.74) is 1.72. The zero-order chi connectivity index (χ0) is 22.7. The molecule has 11 heteroatoms. The number of ether oxygens (including phenoxy) is 1. The molecule has 3 aromatic rings. The van der Waals surface area contributed by atoms with Crippen LogP contribution in [0.1, 0.15) is 30.3 Å². The van der Waals surface area contributed by atoms with Crippen LogP contribution in [0.5, 0.6) is 5.75 Å². The molecule has 2 aromatic heterocycles. The third-order valence-corrected chi connectivity index (χ3v) is 5.03. The Bertz CT molecular complexity index is 1160. The van der Waals surface area contributed by atoms with E-state index in [4.69, 9.17) is 4.74 Å². The van der Waals surface area contributed by atoms with Crippen molar-refractivity contribution in [3.8, 4) is 17.1 Å². The van der Waals surface area contributed by atoms with E-state index in [1.165, 1.54) is 7.05 Å². The Morgan fingerprint density at radius 1 is 1.22 bits per heavy atom. The summed E-state index contributed by atoms with van der Waals surface area (Å²) in [6, 6.07) is 7.06. The van der Waals surface area contributed by atoms with Crippen molar-refractivity contribution in [2.75, 3.05) is 24.8 Å². The van der Waals surface area contributed by atoms with Gasteiger partial charge in [0.2, 0.25) is 5.91 Å². The van der Waals surface area contributed by atoms with Crippen LogP contribution in [-0.2, 0) is 11.3 Å². The van der Waals surface area contributed by atoms with E-state index in [-0.39, 0.29) is 23.3 Å². The van der Waals surface area contributed by atoms with E-state index < -0.39 is 5.91 Å². The number of nitrogens with zero attached hydrogens (tertiary/aromatic N) is 5. The molecule has 3 N–H and O–H groups in total. The van der Waals surface area contributed by atoms with Crippen LogP contribution in [0.15, 0.2) is 30.6 Å². The molecule has 0 spiro atoms. The van der Waals surface area contributed by atoms with Gasteiger partial charge in [-0.15, -0.1) is 10.2 Å². The number of aromatic nitrogens is 5. The second-order valence-corrected chi connectivity index (χ2v) is 7.27. The predicted octanol–water partition coefficient (Wildman–Crippen LogP) is 2.22. The molecule has 0 atom stereocenters. The highest BCUT2D eigenvalue weighted by atomic mass is 16.5. The van der Waals surface area contributed by atoms with Crippen molar-refractivity contribution < 1.29 is 14.3 Å². The number of hydrogen-bond acceptors (Lipinski definition) is 8. The first kappa shape index (κ1) is 21.2. The lowest BCUT2D eigenvalue weighted by atomic mass is 10.1. The van der Waals surface area contributed by atoms with Crippen molar-refractivity contribution in [3.63, 3.8) is 0 Å². The van der Waals surface area contributed by atoms with Crippen LogP contribution in [0.3, 0.4) is 0 Å². The fourth-order valence-corrected chi connectivity index (χ4v) is 3.15. The summed E-state index contributed by atoms with van der Waals surface area (Å²) >= 11 is 0. The first-order valence-electron chi connectivity index (χ1n) is 10.3. The Hall–Kier alpha value is -4.02. The molecule has 2 heterocycles. The summed E-state index contributed by atoms with van der Waals surface area (Å²) in [7, 11) is 3.06. The van der Waals surface area contributed by atoms with Crippen molar-refractivity contribution in [3.05, 3.63) is 36.3 Å². The van der Waals surface area contributed by atoms with Gasteiger partial charge >= 0.3 is 0 Å². The molecule has 1 fully saturated rings. The van der Waals surface area contributed by atoms with Gasteiger partial charge in [-0.05, 0) is 31.9 Å². The Morgan fingerprint density at radius 2 is 2.03 bits per heavy atom. The molecule has 0 radical (unpaired) electrons. The average molecular weight is 436 g/mol. The Balaban J connectivity index is 1.70. The molecular formula is C21H24N8O3. The predicted molar refractivity (Wildman–Crippen MR) is 118 cm³/mol. The molecule has 2 amide bonds. The Labute approximate surface area is 184 Å². The maximum Gasteiger partial charge on any atom is 0.273 e. The number of anilines is 3. The van der Waals surface area contributed by atoms with Crippen LogP contribution in [0.2, 0.25) is 0 Å². The van der Waals surface area contributed by atoms with E-state index in [1.807, 2.05) is 19.1 Å².